The van der Waals surface area contributed by atoms with Gasteiger partial charge in [0.1, 0.15) is 22.8 Å². The highest BCUT2D eigenvalue weighted by Crippen LogP contribution is 2.43. The predicted octanol–water partition coefficient (Wildman–Crippen LogP) is 3.78. The maximum absolute atomic E-state index is 13.1. The van der Waals surface area contributed by atoms with Crippen molar-refractivity contribution in [3.63, 3.8) is 0 Å². The Morgan fingerprint density at radius 3 is 2.59 bits per heavy atom. The largest absolute Gasteiger partial charge is 0.481 e. The van der Waals surface area contributed by atoms with Gasteiger partial charge >= 0.3 is 5.63 Å². The van der Waals surface area contributed by atoms with Crippen LogP contribution < -0.4 is 10.4 Å². The maximum Gasteiger partial charge on any atom is 0.343 e. The Hall–Kier alpha value is -2.62. The zero-order chi connectivity index (χ0) is 15.3. The molecule has 2 aromatic carbocycles. The number of rotatable bonds is 1. The Morgan fingerprint density at radius 1 is 1.09 bits per heavy atom. The van der Waals surface area contributed by atoms with Crippen LogP contribution in [-0.4, -0.2) is 0 Å². The summed E-state index contributed by atoms with van der Waals surface area (Å²) in [6.07, 6.45) is 0.404. The molecule has 0 radical (unpaired) electrons. The molecule has 1 aromatic heterocycles. The Morgan fingerprint density at radius 2 is 1.82 bits per heavy atom. The van der Waals surface area contributed by atoms with Gasteiger partial charge in [-0.25, -0.2) is 9.18 Å². The van der Waals surface area contributed by atoms with E-state index in [4.69, 9.17) is 9.15 Å². The average molecular weight is 296 g/mol. The number of ether oxygens (including phenoxy) is 1. The van der Waals surface area contributed by atoms with Gasteiger partial charge < -0.3 is 9.15 Å². The lowest BCUT2D eigenvalue weighted by Crippen LogP contribution is -2.27. The molecule has 3 aromatic rings. The lowest BCUT2D eigenvalue weighted by atomic mass is 9.91. The fraction of sp³-hybridized carbons (Fsp3) is 0.167. The molecule has 0 bridgehead atoms. The normalized spacial score (nSPS) is 19.9. The Bertz CT molecular complexity index is 927. The summed E-state index contributed by atoms with van der Waals surface area (Å²) in [6.45, 7) is 1.90. The van der Waals surface area contributed by atoms with Crippen LogP contribution in [0.4, 0.5) is 4.39 Å². The van der Waals surface area contributed by atoms with Crippen LogP contribution in [0.2, 0.25) is 0 Å². The van der Waals surface area contributed by atoms with Crippen LogP contribution in [0, 0.1) is 5.82 Å². The summed E-state index contributed by atoms with van der Waals surface area (Å²) in [5, 5.41) is 0.780. The van der Waals surface area contributed by atoms with Gasteiger partial charge in [0, 0.05) is 6.42 Å². The quantitative estimate of drug-likeness (QED) is 0.641. The van der Waals surface area contributed by atoms with Crippen molar-refractivity contribution in [3.05, 3.63) is 75.9 Å². The first-order valence-corrected chi connectivity index (χ1v) is 7.07. The number of fused-ring (bicyclic) bond motifs is 3. The molecular formula is C18H13FO3. The minimum absolute atomic E-state index is 0.298. The third-order valence-electron chi connectivity index (χ3n) is 4.15. The molecule has 110 valence electrons. The van der Waals surface area contributed by atoms with Gasteiger partial charge in [0.25, 0.3) is 0 Å². The lowest BCUT2D eigenvalue weighted by molar-refractivity contribution is 0.117. The standard InChI is InChI=1S/C18H13FO3/c1-18(11-6-8-12(19)9-7-11)10-14-16(22-18)13-4-2-3-5-15(13)21-17(14)20/h2-9H,10H2,1H3. The summed E-state index contributed by atoms with van der Waals surface area (Å²) in [6, 6.07) is 13.5. The van der Waals surface area contributed by atoms with Gasteiger partial charge in [-0.3, -0.25) is 0 Å². The molecule has 2 heterocycles. The molecule has 0 spiro atoms. The summed E-state index contributed by atoms with van der Waals surface area (Å²) in [7, 11) is 0. The molecule has 4 heteroatoms. The highest BCUT2D eigenvalue weighted by molar-refractivity contribution is 5.85. The first-order valence-electron chi connectivity index (χ1n) is 7.07. The van der Waals surface area contributed by atoms with Crippen LogP contribution in [0.25, 0.3) is 11.0 Å². The SMILES string of the molecule is CC1(c2ccc(F)cc2)Cc2c(c3ccccc3oc2=O)O1. The van der Waals surface area contributed by atoms with E-state index >= 15 is 0 Å². The average Bonchev–Trinajstić information content (AvgIpc) is 2.88. The van der Waals surface area contributed by atoms with Gasteiger partial charge in [0.15, 0.2) is 0 Å². The molecule has 0 saturated carbocycles. The maximum atomic E-state index is 13.1. The van der Waals surface area contributed by atoms with Gasteiger partial charge in [0.2, 0.25) is 0 Å². The van der Waals surface area contributed by atoms with Crippen LogP contribution in [0.1, 0.15) is 18.1 Å². The number of hydrogen-bond acceptors (Lipinski definition) is 3. The first kappa shape index (κ1) is 13.1. The van der Waals surface area contributed by atoms with Gasteiger partial charge in [-0.2, -0.15) is 0 Å². The van der Waals surface area contributed by atoms with E-state index in [0.717, 1.165) is 10.9 Å². The van der Waals surface area contributed by atoms with E-state index in [1.54, 1.807) is 18.2 Å². The molecule has 0 fully saturated rings. The summed E-state index contributed by atoms with van der Waals surface area (Å²) in [4.78, 5) is 12.2. The second-order valence-electron chi connectivity index (χ2n) is 5.71. The van der Waals surface area contributed by atoms with E-state index in [2.05, 4.69) is 0 Å². The molecule has 3 nitrogen and oxygen atoms in total. The number of halogens is 1. The minimum atomic E-state index is -0.700. The second kappa shape index (κ2) is 4.44. The Balaban J connectivity index is 1.89. The topological polar surface area (TPSA) is 39.4 Å². The number of para-hydroxylation sites is 1. The van der Waals surface area contributed by atoms with Crippen LogP contribution in [-0.2, 0) is 12.0 Å². The van der Waals surface area contributed by atoms with E-state index in [1.807, 2.05) is 25.1 Å². The summed E-state index contributed by atoms with van der Waals surface area (Å²) < 4.78 is 24.6. The number of hydrogen-bond donors (Lipinski definition) is 0. The molecule has 1 aliphatic rings. The predicted molar refractivity (Wildman–Crippen MR) is 80.6 cm³/mol. The first-order chi connectivity index (χ1) is 10.6. The van der Waals surface area contributed by atoms with Crippen LogP contribution in [0.5, 0.6) is 5.75 Å². The third-order valence-corrected chi connectivity index (χ3v) is 4.15. The monoisotopic (exact) mass is 296 g/mol. The van der Waals surface area contributed by atoms with Crippen molar-refractivity contribution < 1.29 is 13.5 Å². The fourth-order valence-corrected chi connectivity index (χ4v) is 2.99. The van der Waals surface area contributed by atoms with Crippen molar-refractivity contribution in [3.8, 4) is 5.75 Å². The van der Waals surface area contributed by atoms with E-state index in [9.17, 15) is 9.18 Å². The van der Waals surface area contributed by atoms with Crippen LogP contribution in [0.3, 0.4) is 0 Å². The highest BCUT2D eigenvalue weighted by Gasteiger charge is 2.40. The third kappa shape index (κ3) is 1.84. The molecule has 0 saturated heterocycles. The summed E-state index contributed by atoms with van der Waals surface area (Å²) >= 11 is 0. The molecule has 1 aliphatic heterocycles. The van der Waals surface area contributed by atoms with Gasteiger partial charge in [-0.05, 0) is 36.8 Å². The van der Waals surface area contributed by atoms with E-state index in [0.29, 0.717) is 23.3 Å². The molecule has 22 heavy (non-hydrogen) atoms. The molecule has 1 atom stereocenters. The number of benzene rings is 2. The zero-order valence-electron chi connectivity index (χ0n) is 11.9. The molecule has 0 aliphatic carbocycles. The molecule has 4 rings (SSSR count). The van der Waals surface area contributed by atoms with E-state index < -0.39 is 5.60 Å². The Kier molecular flexibility index (Phi) is 2.64. The molecule has 0 N–H and O–H groups in total. The Labute approximate surface area is 126 Å². The van der Waals surface area contributed by atoms with Gasteiger partial charge in [-0.1, -0.05) is 24.3 Å². The van der Waals surface area contributed by atoms with Crippen LogP contribution in [0.15, 0.2) is 57.7 Å². The minimum Gasteiger partial charge on any atom is -0.481 e. The van der Waals surface area contributed by atoms with Crippen molar-refractivity contribution in [2.45, 2.75) is 18.9 Å². The smallest absolute Gasteiger partial charge is 0.343 e. The summed E-state index contributed by atoms with van der Waals surface area (Å²) in [5.74, 6) is 0.270. The van der Waals surface area contributed by atoms with E-state index in [1.165, 1.54) is 12.1 Å². The molecule has 1 unspecified atom stereocenters. The van der Waals surface area contributed by atoms with Crippen molar-refractivity contribution >= 4 is 11.0 Å². The van der Waals surface area contributed by atoms with Crippen molar-refractivity contribution in [1.29, 1.82) is 0 Å². The highest BCUT2D eigenvalue weighted by atomic mass is 19.1. The second-order valence-corrected chi connectivity index (χ2v) is 5.71. The van der Waals surface area contributed by atoms with Crippen molar-refractivity contribution in [2.24, 2.45) is 0 Å². The van der Waals surface area contributed by atoms with Crippen molar-refractivity contribution in [2.75, 3.05) is 0 Å². The zero-order valence-corrected chi connectivity index (χ0v) is 11.9. The molecular weight excluding hydrogens is 283 g/mol. The van der Waals surface area contributed by atoms with Gasteiger partial charge in [-0.15, -0.1) is 0 Å². The summed E-state index contributed by atoms with van der Waals surface area (Å²) in [5.41, 5.74) is 0.794. The van der Waals surface area contributed by atoms with E-state index in [-0.39, 0.29) is 11.4 Å². The lowest BCUT2D eigenvalue weighted by Gasteiger charge is -2.24. The van der Waals surface area contributed by atoms with Crippen molar-refractivity contribution in [1.82, 2.24) is 0 Å². The molecule has 0 amide bonds. The van der Waals surface area contributed by atoms with Gasteiger partial charge in [0.05, 0.1) is 10.9 Å². The fourth-order valence-electron chi connectivity index (χ4n) is 2.99. The van der Waals surface area contributed by atoms with Crippen LogP contribution >= 0.6 is 0 Å².